The van der Waals surface area contributed by atoms with Crippen LogP contribution < -0.4 is 35.4 Å². The molecule has 0 aliphatic heterocycles. The van der Waals surface area contributed by atoms with Gasteiger partial charge in [0.2, 0.25) is 0 Å². The number of halogens is 3. The van der Waals surface area contributed by atoms with Crippen molar-refractivity contribution in [1.82, 2.24) is 0 Å². The Kier molecular flexibility index (Phi) is 13.2. The lowest BCUT2D eigenvalue weighted by molar-refractivity contribution is -0.731. The minimum atomic E-state index is 0. The van der Waals surface area contributed by atoms with Crippen LogP contribution in [0.5, 0.6) is 5.75 Å². The molecule has 1 rings (SSSR count). The summed E-state index contributed by atoms with van der Waals surface area (Å²) in [5, 5.41) is 23.0. The van der Waals surface area contributed by atoms with Crippen molar-refractivity contribution in [3.8, 4) is 5.75 Å². The molecule has 1 aromatic rings. The molecule has 0 heterocycles. The van der Waals surface area contributed by atoms with E-state index in [9.17, 15) is 5.11 Å². The van der Waals surface area contributed by atoms with Gasteiger partial charge in [-0.05, 0) is 18.2 Å². The van der Waals surface area contributed by atoms with E-state index >= 15 is 0 Å². The lowest BCUT2D eigenvalue weighted by Gasteiger charge is -2.04. The van der Waals surface area contributed by atoms with Crippen molar-refractivity contribution < 1.29 is 45.7 Å². The fourth-order valence-corrected chi connectivity index (χ4v) is 1.64. The van der Waals surface area contributed by atoms with Gasteiger partial charge in [0.25, 0.3) is 0 Å². The molecule has 0 bridgehead atoms. The zero-order valence-corrected chi connectivity index (χ0v) is 12.2. The van der Waals surface area contributed by atoms with E-state index in [-0.39, 0.29) is 31.4 Å². The summed E-state index contributed by atoms with van der Waals surface area (Å²) < 4.78 is 0. The smallest absolute Gasteiger partial charge is 0.125 e. The van der Waals surface area contributed by atoms with Crippen molar-refractivity contribution in [3.63, 3.8) is 0 Å². The molecule has 0 fully saturated rings. The quantitative estimate of drug-likeness (QED) is 0.377. The first-order valence-corrected chi connectivity index (χ1v) is 5.83. The molecule has 0 amide bonds. The van der Waals surface area contributed by atoms with Crippen molar-refractivity contribution in [3.05, 3.63) is 28.8 Å². The molecular formula is C11H19Cl3N2O2. The van der Waals surface area contributed by atoms with Crippen LogP contribution in [0.15, 0.2) is 18.2 Å². The Morgan fingerprint density at radius 3 is 2.39 bits per heavy atom. The summed E-state index contributed by atoms with van der Waals surface area (Å²) in [4.78, 5) is 0. The molecule has 6 N–H and O–H groups in total. The van der Waals surface area contributed by atoms with Gasteiger partial charge in [0, 0.05) is 10.6 Å². The summed E-state index contributed by atoms with van der Waals surface area (Å²) >= 11 is 5.84. The van der Waals surface area contributed by atoms with Crippen LogP contribution >= 0.6 is 11.6 Å². The Bertz CT molecular complexity index is 327. The number of phenolic OH excluding ortho intramolecular Hbond substituents is 1. The average molecular weight is 318 g/mol. The first-order chi connectivity index (χ1) is 7.74. The maximum Gasteiger partial charge on any atom is 0.125 e. The van der Waals surface area contributed by atoms with Gasteiger partial charge >= 0.3 is 0 Å². The number of phenols is 1. The summed E-state index contributed by atoms with van der Waals surface area (Å²) in [5.41, 5.74) is 0.856. The number of benzene rings is 1. The largest absolute Gasteiger partial charge is 1.00 e. The van der Waals surface area contributed by atoms with Gasteiger partial charge in [-0.25, -0.2) is 0 Å². The van der Waals surface area contributed by atoms with Crippen molar-refractivity contribution >= 4 is 11.6 Å². The maximum atomic E-state index is 9.56. The van der Waals surface area contributed by atoms with Crippen LogP contribution in [0.2, 0.25) is 5.02 Å². The van der Waals surface area contributed by atoms with E-state index < -0.39 is 0 Å². The van der Waals surface area contributed by atoms with Gasteiger partial charge in [-0.2, -0.15) is 0 Å². The second-order valence-electron chi connectivity index (χ2n) is 3.64. The number of aliphatic hydroxyl groups is 1. The first kappa shape index (κ1) is 20.1. The molecular weight excluding hydrogens is 298 g/mol. The summed E-state index contributed by atoms with van der Waals surface area (Å²) in [6.07, 6.45) is 0. The van der Waals surface area contributed by atoms with E-state index in [0.29, 0.717) is 10.8 Å². The van der Waals surface area contributed by atoms with E-state index in [1.807, 2.05) is 0 Å². The predicted octanol–water partition coefficient (Wildman–Crippen LogP) is -7.33. The standard InChI is InChI=1S/C11H17ClN2O2.2ClH/c12-10-1-2-11(16)9(7-10)8-14-4-3-13-5-6-15;;/h1-2,7,13-16H,3-6,8H2;2*1H. The minimum absolute atomic E-state index is 0. The maximum absolute atomic E-state index is 9.56. The third-order valence-corrected chi connectivity index (χ3v) is 2.55. The zero-order chi connectivity index (χ0) is 11.8. The molecule has 1 aromatic carbocycles. The number of nitrogens with two attached hydrogens (primary N) is 2. The van der Waals surface area contributed by atoms with E-state index in [2.05, 4.69) is 10.6 Å². The summed E-state index contributed by atoms with van der Waals surface area (Å²) in [6, 6.07) is 5.07. The number of aromatic hydroxyl groups is 1. The van der Waals surface area contributed by atoms with E-state index in [0.717, 1.165) is 31.7 Å². The Balaban J connectivity index is 0. The van der Waals surface area contributed by atoms with Crippen molar-refractivity contribution in [2.45, 2.75) is 6.54 Å². The van der Waals surface area contributed by atoms with Gasteiger partial charge in [-0.1, -0.05) is 11.6 Å². The van der Waals surface area contributed by atoms with Crippen LogP contribution in [0.25, 0.3) is 0 Å². The van der Waals surface area contributed by atoms with E-state index in [4.69, 9.17) is 16.7 Å². The minimum Gasteiger partial charge on any atom is -1.00 e. The van der Waals surface area contributed by atoms with Crippen LogP contribution in [-0.2, 0) is 6.54 Å². The fourth-order valence-electron chi connectivity index (χ4n) is 1.45. The molecule has 18 heavy (non-hydrogen) atoms. The number of aliphatic hydroxyl groups excluding tert-OH is 1. The highest BCUT2D eigenvalue weighted by atomic mass is 35.5. The van der Waals surface area contributed by atoms with Gasteiger partial charge < -0.3 is 45.7 Å². The molecule has 106 valence electrons. The molecule has 0 aliphatic rings. The van der Waals surface area contributed by atoms with Gasteiger partial charge in [-0.3, -0.25) is 0 Å². The van der Waals surface area contributed by atoms with Crippen molar-refractivity contribution in [2.75, 3.05) is 26.2 Å². The molecule has 4 nitrogen and oxygen atoms in total. The van der Waals surface area contributed by atoms with E-state index in [1.165, 1.54) is 0 Å². The highest BCUT2D eigenvalue weighted by molar-refractivity contribution is 6.30. The lowest BCUT2D eigenvalue weighted by Crippen LogP contribution is -3.00. The first-order valence-electron chi connectivity index (χ1n) is 5.45. The van der Waals surface area contributed by atoms with Gasteiger partial charge in [0.05, 0.1) is 13.2 Å². The average Bonchev–Trinajstić information content (AvgIpc) is 2.28. The van der Waals surface area contributed by atoms with Crippen LogP contribution in [0.4, 0.5) is 0 Å². The second kappa shape index (κ2) is 11.8. The Hall–Kier alpha value is -0.230. The number of rotatable bonds is 7. The van der Waals surface area contributed by atoms with Gasteiger partial charge in [0.15, 0.2) is 0 Å². The lowest BCUT2D eigenvalue weighted by atomic mass is 10.2. The van der Waals surface area contributed by atoms with Gasteiger partial charge in [0.1, 0.15) is 25.4 Å². The van der Waals surface area contributed by atoms with Gasteiger partial charge in [-0.15, -0.1) is 0 Å². The summed E-state index contributed by atoms with van der Waals surface area (Å²) in [7, 11) is 0. The van der Waals surface area contributed by atoms with Crippen molar-refractivity contribution in [2.24, 2.45) is 0 Å². The zero-order valence-electron chi connectivity index (χ0n) is 9.95. The molecule has 0 unspecified atom stereocenters. The fraction of sp³-hybridized carbons (Fsp3) is 0.455. The van der Waals surface area contributed by atoms with Crippen LogP contribution in [0, 0.1) is 0 Å². The number of quaternary nitrogens is 2. The van der Waals surface area contributed by atoms with Crippen molar-refractivity contribution in [1.29, 1.82) is 0 Å². The molecule has 0 atom stereocenters. The Morgan fingerprint density at radius 1 is 1.06 bits per heavy atom. The molecule has 0 spiro atoms. The molecule has 0 aliphatic carbocycles. The predicted molar refractivity (Wildman–Crippen MR) is 62.4 cm³/mol. The highest BCUT2D eigenvalue weighted by Gasteiger charge is 2.03. The van der Waals surface area contributed by atoms with Crippen LogP contribution in [-0.4, -0.2) is 36.5 Å². The van der Waals surface area contributed by atoms with Crippen LogP contribution in [0.3, 0.4) is 0 Å². The van der Waals surface area contributed by atoms with Crippen LogP contribution in [0.1, 0.15) is 5.56 Å². The Labute approximate surface area is 125 Å². The highest BCUT2D eigenvalue weighted by Crippen LogP contribution is 2.20. The third-order valence-electron chi connectivity index (χ3n) is 2.31. The SMILES string of the molecule is OCC[NH2+]CC[NH2+]Cc1cc(Cl)ccc1O.[Cl-].[Cl-]. The molecule has 0 radical (unpaired) electrons. The molecule has 0 saturated heterocycles. The topological polar surface area (TPSA) is 73.7 Å². The van der Waals surface area contributed by atoms with E-state index in [1.54, 1.807) is 18.2 Å². The second-order valence-corrected chi connectivity index (χ2v) is 4.08. The molecule has 0 aromatic heterocycles. The third kappa shape index (κ3) is 7.97. The molecule has 7 heteroatoms. The number of hydrogen-bond acceptors (Lipinski definition) is 2. The number of hydrogen-bond donors (Lipinski definition) is 4. The summed E-state index contributed by atoms with van der Waals surface area (Å²) in [5.74, 6) is 0.292. The Morgan fingerprint density at radius 2 is 1.72 bits per heavy atom. The monoisotopic (exact) mass is 316 g/mol. The molecule has 0 saturated carbocycles. The summed E-state index contributed by atoms with van der Waals surface area (Å²) in [6.45, 7) is 3.60. The normalized spacial score (nSPS) is 9.44.